The molecular weight excluding hydrogens is 1050 g/mol. The van der Waals surface area contributed by atoms with Crippen molar-refractivity contribution in [2.45, 2.75) is 27.7 Å². The van der Waals surface area contributed by atoms with Crippen LogP contribution in [0.5, 0.6) is 0 Å². The van der Waals surface area contributed by atoms with Gasteiger partial charge < -0.3 is 9.80 Å². The van der Waals surface area contributed by atoms with Gasteiger partial charge in [0.25, 0.3) is 0 Å². The minimum atomic E-state index is 1.10. The molecule has 398 valence electrons. The van der Waals surface area contributed by atoms with Crippen LogP contribution in [0, 0.1) is 27.7 Å². The first kappa shape index (κ1) is 49.9. The fourth-order valence-corrected chi connectivity index (χ4v) is 16.1. The molecule has 0 aliphatic carbocycles. The summed E-state index contributed by atoms with van der Waals surface area (Å²) in [5, 5.41) is 12.6. The SMILES string of the molecule is Cc1cccc(C)c1N(c1ccc(-c2cccc3c2sc2ccccc23)cc1)c1cc(-c2ccccc2)c2ccc3c(N(c4ccc(-c5cccc6c5sc5ccccc56)cc4)c4c(C)cccc4C)cc(-c4ccccc4)c4ccc1c2c43. The predicted molar refractivity (Wildman–Crippen MR) is 366 cm³/mol. The van der Waals surface area contributed by atoms with E-state index in [0.717, 1.165) is 22.7 Å². The fraction of sp³-hybridized carbons (Fsp3) is 0.0500. The van der Waals surface area contributed by atoms with Gasteiger partial charge in [-0.05, 0) is 154 Å². The molecule has 0 aliphatic heterocycles. The van der Waals surface area contributed by atoms with Gasteiger partial charge in [0.1, 0.15) is 0 Å². The van der Waals surface area contributed by atoms with Crippen LogP contribution < -0.4 is 9.80 Å². The van der Waals surface area contributed by atoms with Gasteiger partial charge in [-0.1, -0.05) is 218 Å². The first-order valence-corrected chi connectivity index (χ1v) is 30.6. The minimum Gasteiger partial charge on any atom is -0.309 e. The first-order chi connectivity index (χ1) is 41.3. The van der Waals surface area contributed by atoms with E-state index < -0.39 is 0 Å². The van der Waals surface area contributed by atoms with Gasteiger partial charge in [-0.3, -0.25) is 0 Å². The number of para-hydroxylation sites is 2. The maximum absolute atomic E-state index is 2.55. The predicted octanol–water partition coefficient (Wildman–Crippen LogP) is 24.2. The summed E-state index contributed by atoms with van der Waals surface area (Å²) in [5.41, 5.74) is 21.4. The second-order valence-electron chi connectivity index (χ2n) is 22.5. The molecule has 2 aromatic heterocycles. The number of benzene rings is 14. The molecule has 16 aromatic rings. The van der Waals surface area contributed by atoms with E-state index in [1.165, 1.54) is 151 Å². The topological polar surface area (TPSA) is 6.48 Å². The van der Waals surface area contributed by atoms with Gasteiger partial charge in [-0.25, -0.2) is 0 Å². The lowest BCUT2D eigenvalue weighted by molar-refractivity contribution is 1.23. The standard InChI is InChI=1S/C80H56N2S2/c1-49-19-15-20-50(2)77(49)81(57-39-35-55(36-40-57)59-29-17-31-65-61-27-11-13-33-73(61)83-79(59)65)71-47-69(53-23-7-5-8-24-53)63-44-46-68-72(48-70(54-25-9-6-10-26-54)64-43-45-67(71)75(63)76(64)68)82(78-51(3)21-16-22-52(78)4)58-41-37-56(38-42-58)60-30-18-32-66-62-28-12-14-34-74(62)84-80(60)66/h5-48H,1-4H3. The van der Waals surface area contributed by atoms with Crippen LogP contribution in [0.3, 0.4) is 0 Å². The Labute approximate surface area is 497 Å². The molecule has 0 aliphatic rings. The second-order valence-corrected chi connectivity index (χ2v) is 24.6. The molecule has 0 bridgehead atoms. The number of aryl methyl sites for hydroxylation is 4. The number of thiophene rings is 2. The van der Waals surface area contributed by atoms with Crippen LogP contribution in [0.1, 0.15) is 22.3 Å². The van der Waals surface area contributed by atoms with Gasteiger partial charge in [0.2, 0.25) is 0 Å². The molecule has 0 amide bonds. The monoisotopic (exact) mass is 1110 g/mol. The Balaban J connectivity index is 0.960. The molecule has 2 nitrogen and oxygen atoms in total. The van der Waals surface area contributed by atoms with Crippen molar-refractivity contribution in [1.82, 2.24) is 0 Å². The van der Waals surface area contributed by atoms with Gasteiger partial charge in [0.05, 0.1) is 22.7 Å². The van der Waals surface area contributed by atoms with E-state index in [2.05, 4.69) is 304 Å². The van der Waals surface area contributed by atoms with Crippen LogP contribution >= 0.6 is 22.7 Å². The summed E-state index contributed by atoms with van der Waals surface area (Å²) >= 11 is 3.77. The lowest BCUT2D eigenvalue weighted by Crippen LogP contribution is -2.14. The van der Waals surface area contributed by atoms with Crippen molar-refractivity contribution in [1.29, 1.82) is 0 Å². The maximum Gasteiger partial charge on any atom is 0.0547 e. The normalized spacial score (nSPS) is 11.8. The van der Waals surface area contributed by atoms with Crippen molar-refractivity contribution in [3.05, 3.63) is 289 Å². The van der Waals surface area contributed by atoms with Crippen molar-refractivity contribution in [2.24, 2.45) is 0 Å². The van der Waals surface area contributed by atoms with Crippen molar-refractivity contribution < 1.29 is 0 Å². The van der Waals surface area contributed by atoms with Crippen molar-refractivity contribution in [3.63, 3.8) is 0 Å². The molecule has 14 aromatic carbocycles. The van der Waals surface area contributed by atoms with Gasteiger partial charge in [-0.2, -0.15) is 0 Å². The molecule has 2 heterocycles. The van der Waals surface area contributed by atoms with E-state index in [0.29, 0.717) is 0 Å². The smallest absolute Gasteiger partial charge is 0.0547 e. The second kappa shape index (κ2) is 20.0. The highest BCUT2D eigenvalue weighted by Gasteiger charge is 2.28. The molecule has 0 unspecified atom stereocenters. The zero-order valence-corrected chi connectivity index (χ0v) is 48.7. The lowest BCUT2D eigenvalue weighted by Gasteiger charge is -2.33. The van der Waals surface area contributed by atoms with E-state index in [4.69, 9.17) is 0 Å². The van der Waals surface area contributed by atoms with Crippen LogP contribution in [0.2, 0.25) is 0 Å². The molecule has 0 saturated carbocycles. The molecule has 0 saturated heterocycles. The summed E-state index contributed by atoms with van der Waals surface area (Å²) in [6, 6.07) is 99.9. The van der Waals surface area contributed by atoms with Crippen LogP contribution in [-0.2, 0) is 0 Å². The first-order valence-electron chi connectivity index (χ1n) is 29.0. The minimum absolute atomic E-state index is 1.10. The van der Waals surface area contributed by atoms with Crippen LogP contribution in [0.15, 0.2) is 267 Å². The quantitative estimate of drug-likeness (QED) is 0.126. The number of anilines is 6. The van der Waals surface area contributed by atoms with Crippen molar-refractivity contribution in [2.75, 3.05) is 9.80 Å². The Hall–Kier alpha value is -9.84. The number of fused-ring (bicyclic) bond motifs is 6. The van der Waals surface area contributed by atoms with Gasteiger partial charge in [0, 0.05) is 73.3 Å². The van der Waals surface area contributed by atoms with Crippen molar-refractivity contribution in [3.8, 4) is 44.5 Å². The summed E-state index contributed by atoms with van der Waals surface area (Å²) in [4.78, 5) is 5.10. The number of hydrogen-bond donors (Lipinski definition) is 0. The van der Waals surface area contributed by atoms with E-state index in [1.807, 2.05) is 22.7 Å². The zero-order chi connectivity index (χ0) is 56.2. The van der Waals surface area contributed by atoms with Crippen molar-refractivity contribution >= 4 is 129 Å². The summed E-state index contributed by atoms with van der Waals surface area (Å²) in [6.45, 7) is 9.05. The van der Waals surface area contributed by atoms with E-state index >= 15 is 0 Å². The molecule has 0 atom stereocenters. The summed E-state index contributed by atoms with van der Waals surface area (Å²) in [5.74, 6) is 0. The van der Waals surface area contributed by atoms with Crippen LogP contribution in [-0.4, -0.2) is 0 Å². The number of nitrogens with zero attached hydrogens (tertiary/aromatic N) is 2. The highest BCUT2D eigenvalue weighted by Crippen LogP contribution is 2.54. The highest BCUT2D eigenvalue weighted by molar-refractivity contribution is 7.26. The average Bonchev–Trinajstić information content (AvgIpc) is 1.09. The number of hydrogen-bond acceptors (Lipinski definition) is 4. The molecule has 0 radical (unpaired) electrons. The summed E-state index contributed by atoms with van der Waals surface area (Å²) < 4.78 is 5.27. The van der Waals surface area contributed by atoms with E-state index in [9.17, 15) is 0 Å². The van der Waals surface area contributed by atoms with Gasteiger partial charge >= 0.3 is 0 Å². The average molecular weight is 1110 g/mol. The molecule has 84 heavy (non-hydrogen) atoms. The largest absolute Gasteiger partial charge is 0.309 e. The molecule has 0 fully saturated rings. The van der Waals surface area contributed by atoms with Crippen LogP contribution in [0.25, 0.3) is 117 Å². The maximum atomic E-state index is 2.55. The van der Waals surface area contributed by atoms with E-state index in [1.54, 1.807) is 0 Å². The molecule has 4 heteroatoms. The Morgan fingerprint density at radius 3 is 0.988 bits per heavy atom. The van der Waals surface area contributed by atoms with Gasteiger partial charge in [-0.15, -0.1) is 22.7 Å². The fourth-order valence-electron chi connectivity index (χ4n) is 13.7. The zero-order valence-electron chi connectivity index (χ0n) is 47.1. The Morgan fingerprint density at radius 2 is 0.583 bits per heavy atom. The summed E-state index contributed by atoms with van der Waals surface area (Å²) in [6.07, 6.45) is 0. The van der Waals surface area contributed by atoms with E-state index in [-0.39, 0.29) is 0 Å². The molecule has 16 rings (SSSR count). The van der Waals surface area contributed by atoms with Crippen LogP contribution in [0.4, 0.5) is 34.1 Å². The number of rotatable bonds is 10. The molecule has 0 N–H and O–H groups in total. The Bertz CT molecular complexity index is 4860. The van der Waals surface area contributed by atoms with Gasteiger partial charge in [0.15, 0.2) is 0 Å². The third kappa shape index (κ3) is 7.97. The highest BCUT2D eigenvalue weighted by atomic mass is 32.1. The lowest BCUT2D eigenvalue weighted by atomic mass is 9.85. The summed E-state index contributed by atoms with van der Waals surface area (Å²) in [7, 11) is 0. The Kier molecular flexibility index (Phi) is 11.9. The molecular formula is C80H56N2S2. The Morgan fingerprint density at radius 1 is 0.250 bits per heavy atom. The molecule has 0 spiro atoms. The third-order valence-corrected chi connectivity index (χ3v) is 20.0. The third-order valence-electron chi connectivity index (χ3n) is 17.5.